The van der Waals surface area contributed by atoms with Gasteiger partial charge < -0.3 is 4.42 Å². The van der Waals surface area contributed by atoms with Crippen molar-refractivity contribution < 1.29 is 4.42 Å². The van der Waals surface area contributed by atoms with Gasteiger partial charge in [0.15, 0.2) is 11.3 Å². The minimum atomic E-state index is -0.433. The summed E-state index contributed by atoms with van der Waals surface area (Å²) in [5, 5.41) is 14.1. The molecule has 146 valence electrons. The van der Waals surface area contributed by atoms with Crippen LogP contribution in [-0.4, -0.2) is 14.6 Å². The Kier molecular flexibility index (Phi) is 4.21. The van der Waals surface area contributed by atoms with E-state index in [0.29, 0.717) is 33.9 Å². The molecule has 5 aromatic rings. The van der Waals surface area contributed by atoms with E-state index in [1.807, 2.05) is 56.3 Å². The average Bonchev–Trinajstić information content (AvgIpc) is 3.08. The van der Waals surface area contributed by atoms with Crippen molar-refractivity contribution in [1.29, 1.82) is 0 Å². The molecule has 0 aliphatic heterocycles. The molecule has 3 heterocycles. The molecule has 0 aliphatic rings. The van der Waals surface area contributed by atoms with Crippen LogP contribution in [0.15, 0.2) is 86.3 Å². The van der Waals surface area contributed by atoms with E-state index in [0.717, 1.165) is 16.6 Å². The standard InChI is InChI=1S/C23H17N5O2/c1-14-7-9-17(10-8-14)25-26-21-15(2)27-28-19(11-12-24-22(21)28)18-13-16-5-3-4-6-20(16)30-23(18)29/h3-13H,1-2H3. The van der Waals surface area contributed by atoms with Crippen LogP contribution in [0.25, 0.3) is 27.9 Å². The van der Waals surface area contributed by atoms with Crippen molar-refractivity contribution in [2.24, 2.45) is 10.2 Å². The van der Waals surface area contributed by atoms with Gasteiger partial charge >= 0.3 is 5.63 Å². The van der Waals surface area contributed by atoms with Crippen molar-refractivity contribution in [3.63, 3.8) is 0 Å². The van der Waals surface area contributed by atoms with E-state index in [-0.39, 0.29) is 0 Å². The smallest absolute Gasteiger partial charge is 0.345 e. The second-order valence-corrected chi connectivity index (χ2v) is 7.02. The molecule has 7 heteroatoms. The van der Waals surface area contributed by atoms with Crippen molar-refractivity contribution in [3.8, 4) is 11.3 Å². The number of aromatic nitrogens is 3. The normalized spacial score (nSPS) is 11.7. The first-order chi connectivity index (χ1) is 14.6. The van der Waals surface area contributed by atoms with Gasteiger partial charge in [0.2, 0.25) is 0 Å². The molecule has 0 saturated carbocycles. The van der Waals surface area contributed by atoms with E-state index < -0.39 is 5.63 Å². The Labute approximate surface area is 171 Å². The van der Waals surface area contributed by atoms with Gasteiger partial charge in [-0.1, -0.05) is 35.9 Å². The fraction of sp³-hybridized carbons (Fsp3) is 0.0870. The minimum absolute atomic E-state index is 0.408. The zero-order chi connectivity index (χ0) is 20.7. The summed E-state index contributed by atoms with van der Waals surface area (Å²) in [7, 11) is 0. The summed E-state index contributed by atoms with van der Waals surface area (Å²) in [4.78, 5) is 17.1. The van der Waals surface area contributed by atoms with Gasteiger partial charge in [-0.25, -0.2) is 14.3 Å². The molecular weight excluding hydrogens is 378 g/mol. The van der Waals surface area contributed by atoms with Crippen LogP contribution in [0.4, 0.5) is 11.4 Å². The summed E-state index contributed by atoms with van der Waals surface area (Å²) < 4.78 is 7.10. The zero-order valence-electron chi connectivity index (χ0n) is 16.4. The van der Waals surface area contributed by atoms with Crippen molar-refractivity contribution in [2.75, 3.05) is 0 Å². The Bertz CT molecular complexity index is 1480. The average molecular weight is 395 g/mol. The molecule has 0 amide bonds. The zero-order valence-corrected chi connectivity index (χ0v) is 16.4. The highest BCUT2D eigenvalue weighted by Crippen LogP contribution is 2.29. The lowest BCUT2D eigenvalue weighted by Crippen LogP contribution is -2.07. The van der Waals surface area contributed by atoms with E-state index in [4.69, 9.17) is 4.42 Å². The molecule has 2 aromatic carbocycles. The van der Waals surface area contributed by atoms with Crippen LogP contribution in [0.3, 0.4) is 0 Å². The summed E-state index contributed by atoms with van der Waals surface area (Å²) >= 11 is 0. The number of fused-ring (bicyclic) bond motifs is 2. The molecule has 0 atom stereocenters. The van der Waals surface area contributed by atoms with Crippen LogP contribution in [0, 0.1) is 13.8 Å². The fourth-order valence-electron chi connectivity index (χ4n) is 3.32. The first-order valence-electron chi connectivity index (χ1n) is 9.46. The van der Waals surface area contributed by atoms with Crippen LogP contribution in [0.5, 0.6) is 0 Å². The number of azo groups is 1. The van der Waals surface area contributed by atoms with Gasteiger partial charge in [-0.2, -0.15) is 10.2 Å². The third kappa shape index (κ3) is 3.06. The van der Waals surface area contributed by atoms with E-state index in [1.54, 1.807) is 28.9 Å². The first kappa shape index (κ1) is 17.9. The Balaban J connectivity index is 1.66. The Morgan fingerprint density at radius 1 is 0.967 bits per heavy atom. The second-order valence-electron chi connectivity index (χ2n) is 7.02. The minimum Gasteiger partial charge on any atom is -0.422 e. The highest BCUT2D eigenvalue weighted by Gasteiger charge is 2.17. The predicted octanol–water partition coefficient (Wildman–Crippen LogP) is 5.53. The van der Waals surface area contributed by atoms with Gasteiger partial charge in [0.05, 0.1) is 22.6 Å². The lowest BCUT2D eigenvalue weighted by molar-refractivity contribution is 0.562. The van der Waals surface area contributed by atoms with Crippen LogP contribution in [-0.2, 0) is 0 Å². The summed E-state index contributed by atoms with van der Waals surface area (Å²) in [6.45, 7) is 3.86. The summed E-state index contributed by atoms with van der Waals surface area (Å²) in [6.07, 6.45) is 1.63. The quantitative estimate of drug-likeness (QED) is 0.297. The van der Waals surface area contributed by atoms with Gasteiger partial charge in [0.25, 0.3) is 0 Å². The van der Waals surface area contributed by atoms with E-state index in [1.165, 1.54) is 0 Å². The van der Waals surface area contributed by atoms with E-state index in [2.05, 4.69) is 20.3 Å². The Morgan fingerprint density at radius 3 is 2.60 bits per heavy atom. The molecule has 3 aromatic heterocycles. The number of benzene rings is 2. The van der Waals surface area contributed by atoms with Crippen LogP contribution >= 0.6 is 0 Å². The maximum atomic E-state index is 12.6. The number of aryl methyl sites for hydroxylation is 2. The number of rotatable bonds is 3. The van der Waals surface area contributed by atoms with Crippen LogP contribution in [0.1, 0.15) is 11.3 Å². The molecule has 0 spiro atoms. The summed E-state index contributed by atoms with van der Waals surface area (Å²) in [6, 6.07) is 18.7. The molecular formula is C23H17N5O2. The molecule has 0 aliphatic carbocycles. The van der Waals surface area contributed by atoms with Gasteiger partial charge in [0, 0.05) is 11.6 Å². The molecule has 0 N–H and O–H groups in total. The first-order valence-corrected chi connectivity index (χ1v) is 9.46. The Hall–Kier alpha value is -4.13. The SMILES string of the molecule is Cc1ccc(N=Nc2c(C)nn3c(-c4cc5ccccc5oc4=O)ccnc23)cc1. The van der Waals surface area contributed by atoms with Crippen molar-refractivity contribution in [1.82, 2.24) is 14.6 Å². The molecule has 0 unspecified atom stereocenters. The number of para-hydroxylation sites is 1. The lowest BCUT2D eigenvalue weighted by atomic mass is 10.1. The third-order valence-corrected chi connectivity index (χ3v) is 4.88. The van der Waals surface area contributed by atoms with E-state index >= 15 is 0 Å². The highest BCUT2D eigenvalue weighted by molar-refractivity contribution is 5.81. The predicted molar refractivity (Wildman–Crippen MR) is 115 cm³/mol. The molecule has 0 saturated heterocycles. The lowest BCUT2D eigenvalue weighted by Gasteiger charge is -2.04. The monoisotopic (exact) mass is 395 g/mol. The van der Waals surface area contributed by atoms with Crippen LogP contribution < -0.4 is 5.63 Å². The summed E-state index contributed by atoms with van der Waals surface area (Å²) in [5.74, 6) is 0. The van der Waals surface area contributed by atoms with Crippen molar-refractivity contribution in [3.05, 3.63) is 88.5 Å². The van der Waals surface area contributed by atoms with Gasteiger partial charge in [-0.15, -0.1) is 5.11 Å². The van der Waals surface area contributed by atoms with Gasteiger partial charge in [0.1, 0.15) is 5.58 Å². The molecule has 5 rings (SSSR count). The number of hydrogen-bond acceptors (Lipinski definition) is 6. The maximum Gasteiger partial charge on any atom is 0.345 e. The second kappa shape index (κ2) is 7.04. The number of hydrogen-bond donors (Lipinski definition) is 0. The molecule has 0 radical (unpaired) electrons. The maximum absolute atomic E-state index is 12.6. The Morgan fingerprint density at radius 2 is 1.77 bits per heavy atom. The molecule has 0 fully saturated rings. The molecule has 7 nitrogen and oxygen atoms in total. The van der Waals surface area contributed by atoms with E-state index in [9.17, 15) is 4.79 Å². The van der Waals surface area contributed by atoms with Crippen molar-refractivity contribution >= 4 is 28.0 Å². The number of nitrogens with zero attached hydrogens (tertiary/aromatic N) is 5. The molecule has 30 heavy (non-hydrogen) atoms. The van der Waals surface area contributed by atoms with Gasteiger partial charge in [-0.05, 0) is 44.2 Å². The molecule has 0 bridgehead atoms. The highest BCUT2D eigenvalue weighted by atomic mass is 16.4. The fourth-order valence-corrected chi connectivity index (χ4v) is 3.32. The van der Waals surface area contributed by atoms with Crippen molar-refractivity contribution in [2.45, 2.75) is 13.8 Å². The van der Waals surface area contributed by atoms with Gasteiger partial charge in [-0.3, -0.25) is 0 Å². The summed E-state index contributed by atoms with van der Waals surface area (Å²) in [5.41, 5.74) is 4.74. The third-order valence-electron chi connectivity index (χ3n) is 4.88. The largest absolute Gasteiger partial charge is 0.422 e. The van der Waals surface area contributed by atoms with Crippen LogP contribution in [0.2, 0.25) is 0 Å². The topological polar surface area (TPSA) is 85.1 Å².